The average molecular weight is 251 g/mol. The molecule has 0 aliphatic heterocycles. The lowest BCUT2D eigenvalue weighted by Gasteiger charge is -2.29. The maximum absolute atomic E-state index is 10.6. The molecule has 0 aromatic heterocycles. The molecule has 104 valence electrons. The minimum atomic E-state index is -0.395. The maximum Gasteiger partial charge on any atom is 0.0771 e. The first-order valence-corrected chi connectivity index (χ1v) is 8.18. The van der Waals surface area contributed by atoms with Crippen molar-refractivity contribution in [1.29, 1.82) is 0 Å². The van der Waals surface area contributed by atoms with E-state index < -0.39 is 5.60 Å². The fraction of sp³-hybridized carbons (Fsp3) is 1.00. The van der Waals surface area contributed by atoms with Crippen LogP contribution in [0.15, 0.2) is 0 Å². The fourth-order valence-electron chi connectivity index (χ4n) is 4.68. The summed E-state index contributed by atoms with van der Waals surface area (Å²) in [4.78, 5) is 0. The van der Waals surface area contributed by atoms with Crippen molar-refractivity contribution in [3.05, 3.63) is 0 Å². The Morgan fingerprint density at radius 2 is 1.78 bits per heavy atom. The lowest BCUT2D eigenvalue weighted by molar-refractivity contribution is 0.0240. The number of aliphatic hydroxyl groups is 1. The molecule has 2 bridgehead atoms. The molecule has 3 atom stereocenters. The number of rotatable bonds is 4. The van der Waals surface area contributed by atoms with E-state index in [1.165, 1.54) is 51.4 Å². The van der Waals surface area contributed by atoms with Crippen LogP contribution < -0.4 is 5.32 Å². The molecule has 0 heterocycles. The first kappa shape index (κ1) is 12.9. The van der Waals surface area contributed by atoms with Gasteiger partial charge in [-0.2, -0.15) is 0 Å². The molecule has 0 radical (unpaired) electrons. The number of hydrogen-bond acceptors (Lipinski definition) is 2. The standard InChI is InChI=1S/C16H29NO/c18-16(7-3-1-2-4-8-16)12-17-11-15-10-13-5-6-14(15)9-13/h13-15,17-18H,1-12H2. The van der Waals surface area contributed by atoms with Gasteiger partial charge in [0.15, 0.2) is 0 Å². The molecule has 3 aliphatic carbocycles. The molecule has 0 saturated heterocycles. The van der Waals surface area contributed by atoms with Gasteiger partial charge < -0.3 is 10.4 Å². The second-order valence-electron chi connectivity index (χ2n) is 7.20. The molecule has 0 amide bonds. The van der Waals surface area contributed by atoms with E-state index in [4.69, 9.17) is 0 Å². The van der Waals surface area contributed by atoms with Crippen molar-refractivity contribution < 1.29 is 5.11 Å². The van der Waals surface area contributed by atoms with Crippen LogP contribution in [0.5, 0.6) is 0 Å². The summed E-state index contributed by atoms with van der Waals surface area (Å²) < 4.78 is 0. The molecule has 0 aromatic carbocycles. The highest BCUT2D eigenvalue weighted by Crippen LogP contribution is 2.47. The molecule has 3 aliphatic rings. The van der Waals surface area contributed by atoms with E-state index in [0.29, 0.717) is 0 Å². The second-order valence-corrected chi connectivity index (χ2v) is 7.20. The summed E-state index contributed by atoms with van der Waals surface area (Å²) in [6.07, 6.45) is 13.0. The van der Waals surface area contributed by atoms with Gasteiger partial charge in [0, 0.05) is 6.54 Å². The monoisotopic (exact) mass is 251 g/mol. The highest BCUT2D eigenvalue weighted by Gasteiger charge is 2.39. The Labute approximate surface area is 112 Å². The van der Waals surface area contributed by atoms with E-state index in [1.54, 1.807) is 0 Å². The van der Waals surface area contributed by atoms with Crippen molar-refractivity contribution in [3.63, 3.8) is 0 Å². The van der Waals surface area contributed by atoms with Gasteiger partial charge in [0.1, 0.15) is 0 Å². The van der Waals surface area contributed by atoms with Crippen LogP contribution in [0, 0.1) is 17.8 Å². The lowest BCUT2D eigenvalue weighted by Crippen LogP contribution is -2.42. The molecule has 2 heteroatoms. The van der Waals surface area contributed by atoms with Crippen LogP contribution in [-0.2, 0) is 0 Å². The second kappa shape index (κ2) is 5.50. The van der Waals surface area contributed by atoms with Gasteiger partial charge in [0.25, 0.3) is 0 Å². The predicted molar refractivity (Wildman–Crippen MR) is 74.5 cm³/mol. The molecule has 3 unspecified atom stereocenters. The van der Waals surface area contributed by atoms with Gasteiger partial charge >= 0.3 is 0 Å². The Morgan fingerprint density at radius 3 is 2.39 bits per heavy atom. The Hall–Kier alpha value is -0.0800. The Kier molecular flexibility index (Phi) is 3.95. The van der Waals surface area contributed by atoms with Crippen molar-refractivity contribution in [2.45, 2.75) is 69.8 Å². The Balaban J connectivity index is 1.41. The van der Waals surface area contributed by atoms with E-state index in [-0.39, 0.29) is 0 Å². The normalized spacial score (nSPS) is 38.8. The van der Waals surface area contributed by atoms with Crippen molar-refractivity contribution >= 4 is 0 Å². The molecular weight excluding hydrogens is 222 g/mol. The summed E-state index contributed by atoms with van der Waals surface area (Å²) in [7, 11) is 0. The molecule has 2 N–H and O–H groups in total. The van der Waals surface area contributed by atoms with Crippen LogP contribution >= 0.6 is 0 Å². The van der Waals surface area contributed by atoms with Crippen molar-refractivity contribution in [3.8, 4) is 0 Å². The zero-order valence-electron chi connectivity index (χ0n) is 11.7. The number of hydrogen-bond donors (Lipinski definition) is 2. The highest BCUT2D eigenvalue weighted by atomic mass is 16.3. The van der Waals surface area contributed by atoms with E-state index in [2.05, 4.69) is 5.32 Å². The summed E-state index contributed by atoms with van der Waals surface area (Å²) in [5.74, 6) is 2.96. The zero-order valence-corrected chi connectivity index (χ0v) is 11.7. The molecule has 3 rings (SSSR count). The zero-order chi connectivity index (χ0) is 12.4. The van der Waals surface area contributed by atoms with E-state index >= 15 is 0 Å². The van der Waals surface area contributed by atoms with Gasteiger partial charge in [-0.3, -0.25) is 0 Å². The van der Waals surface area contributed by atoms with Gasteiger partial charge in [-0.25, -0.2) is 0 Å². The van der Waals surface area contributed by atoms with Crippen LogP contribution in [0.1, 0.15) is 64.2 Å². The van der Waals surface area contributed by atoms with Crippen molar-refractivity contribution in [1.82, 2.24) is 5.32 Å². The first-order valence-electron chi connectivity index (χ1n) is 8.18. The van der Waals surface area contributed by atoms with Gasteiger partial charge in [-0.15, -0.1) is 0 Å². The smallest absolute Gasteiger partial charge is 0.0771 e. The highest BCUT2D eigenvalue weighted by molar-refractivity contribution is 4.91. The van der Waals surface area contributed by atoms with Gasteiger partial charge in [-0.05, 0) is 56.4 Å². The average Bonchev–Trinajstić information content (AvgIpc) is 2.90. The first-order chi connectivity index (χ1) is 8.75. The minimum Gasteiger partial charge on any atom is -0.389 e. The van der Waals surface area contributed by atoms with Crippen LogP contribution in [-0.4, -0.2) is 23.8 Å². The quantitative estimate of drug-likeness (QED) is 0.753. The predicted octanol–water partition coefficient (Wildman–Crippen LogP) is 3.10. The summed E-state index contributed by atoms with van der Waals surface area (Å²) in [6, 6.07) is 0. The van der Waals surface area contributed by atoms with Crippen molar-refractivity contribution in [2.75, 3.05) is 13.1 Å². The van der Waals surface area contributed by atoms with Crippen LogP contribution in [0.3, 0.4) is 0 Å². The Bertz CT molecular complexity index is 270. The molecule has 2 nitrogen and oxygen atoms in total. The summed E-state index contributed by atoms with van der Waals surface area (Å²) >= 11 is 0. The van der Waals surface area contributed by atoms with E-state index in [1.807, 2.05) is 0 Å². The third-order valence-corrected chi connectivity index (χ3v) is 5.78. The SMILES string of the molecule is OC1(CNCC2CC3CCC2C3)CCCCCC1. The third kappa shape index (κ3) is 2.91. The molecule has 0 aromatic rings. The minimum absolute atomic E-state index is 0.395. The molecule has 18 heavy (non-hydrogen) atoms. The topological polar surface area (TPSA) is 32.3 Å². The largest absolute Gasteiger partial charge is 0.389 e. The van der Waals surface area contributed by atoms with Gasteiger partial charge in [0.05, 0.1) is 5.60 Å². The fourth-order valence-corrected chi connectivity index (χ4v) is 4.68. The molecular formula is C16H29NO. The van der Waals surface area contributed by atoms with Gasteiger partial charge in [-0.1, -0.05) is 32.1 Å². The van der Waals surface area contributed by atoms with Crippen LogP contribution in [0.2, 0.25) is 0 Å². The lowest BCUT2D eigenvalue weighted by atomic mass is 9.88. The van der Waals surface area contributed by atoms with E-state index in [0.717, 1.165) is 43.7 Å². The summed E-state index contributed by atoms with van der Waals surface area (Å²) in [5.41, 5.74) is -0.395. The van der Waals surface area contributed by atoms with Gasteiger partial charge in [0.2, 0.25) is 0 Å². The maximum atomic E-state index is 10.6. The van der Waals surface area contributed by atoms with E-state index in [9.17, 15) is 5.11 Å². The summed E-state index contributed by atoms with van der Waals surface area (Å²) in [5, 5.41) is 14.2. The van der Waals surface area contributed by atoms with Crippen LogP contribution in [0.4, 0.5) is 0 Å². The third-order valence-electron chi connectivity index (χ3n) is 5.78. The van der Waals surface area contributed by atoms with Crippen molar-refractivity contribution in [2.24, 2.45) is 17.8 Å². The molecule has 3 saturated carbocycles. The molecule has 3 fully saturated rings. The summed E-state index contributed by atoms with van der Waals surface area (Å²) in [6.45, 7) is 1.99. The number of fused-ring (bicyclic) bond motifs is 2. The van der Waals surface area contributed by atoms with Crippen LogP contribution in [0.25, 0.3) is 0 Å². The molecule has 0 spiro atoms. The number of nitrogens with one attached hydrogen (secondary N) is 1. The Morgan fingerprint density at radius 1 is 1.00 bits per heavy atom.